The summed E-state index contributed by atoms with van der Waals surface area (Å²) in [4.78, 5) is 15.1. The summed E-state index contributed by atoms with van der Waals surface area (Å²) < 4.78 is 0. The van der Waals surface area contributed by atoms with Gasteiger partial charge in [0.15, 0.2) is 0 Å². The van der Waals surface area contributed by atoms with Crippen LogP contribution in [0, 0.1) is 0 Å². The lowest BCUT2D eigenvalue weighted by molar-refractivity contribution is 0.178. The molecule has 3 rings (SSSR count). The molecule has 0 aromatic carbocycles. The van der Waals surface area contributed by atoms with E-state index in [1.54, 1.807) is 0 Å². The number of aromatic amines is 1. The van der Waals surface area contributed by atoms with Crippen molar-refractivity contribution < 1.29 is 0 Å². The highest BCUT2D eigenvalue weighted by Crippen LogP contribution is 2.18. The smallest absolute Gasteiger partial charge is 0.129 e. The minimum atomic E-state index is 0.993. The largest absolute Gasteiger partial charge is 0.358 e. The number of fused-ring (bicyclic) bond motifs is 1. The molecule has 1 fully saturated rings. The van der Waals surface area contributed by atoms with E-state index in [1.165, 1.54) is 63.7 Å². The summed E-state index contributed by atoms with van der Waals surface area (Å²) in [6.07, 6.45) is 13.9. The normalized spacial score (nSPS) is 15.3. The molecule has 0 bridgehead atoms. The van der Waals surface area contributed by atoms with E-state index in [9.17, 15) is 0 Å². The summed E-state index contributed by atoms with van der Waals surface area (Å²) >= 11 is 0. The van der Waals surface area contributed by atoms with Crippen LogP contribution in [0.5, 0.6) is 0 Å². The van der Waals surface area contributed by atoms with Gasteiger partial charge in [-0.15, -0.1) is 0 Å². The van der Waals surface area contributed by atoms with Gasteiger partial charge in [-0.05, 0) is 57.3 Å². The van der Waals surface area contributed by atoms with Crippen LogP contribution in [0.3, 0.4) is 0 Å². The van der Waals surface area contributed by atoms with Gasteiger partial charge in [0, 0.05) is 12.6 Å². The molecular formula is C18H28N4. The molecule has 0 spiro atoms. The van der Waals surface area contributed by atoms with Gasteiger partial charge in [-0.25, -0.2) is 9.97 Å². The molecule has 2 aromatic rings. The van der Waals surface area contributed by atoms with Gasteiger partial charge >= 0.3 is 0 Å². The maximum atomic E-state index is 4.77. The molecule has 0 atom stereocenters. The number of aromatic nitrogens is 3. The Morgan fingerprint density at radius 2 is 2.05 bits per heavy atom. The highest BCUT2D eigenvalue weighted by molar-refractivity contribution is 5.77. The summed E-state index contributed by atoms with van der Waals surface area (Å²) in [5.41, 5.74) is 3.58. The van der Waals surface area contributed by atoms with Crippen LogP contribution < -0.4 is 0 Å². The fourth-order valence-corrected chi connectivity index (χ4v) is 3.08. The number of hydrogen-bond donors (Lipinski definition) is 1. The Bertz CT molecular complexity index is 586. The van der Waals surface area contributed by atoms with Gasteiger partial charge in [0.25, 0.3) is 0 Å². The summed E-state index contributed by atoms with van der Waals surface area (Å²) in [5.74, 6) is 0.994. The molecule has 1 saturated heterocycles. The number of nitrogens with zero attached hydrogens (tertiary/aromatic N) is 3. The lowest BCUT2D eigenvalue weighted by Crippen LogP contribution is -2.37. The van der Waals surface area contributed by atoms with E-state index in [-0.39, 0.29) is 0 Å². The summed E-state index contributed by atoms with van der Waals surface area (Å²) in [5, 5.41) is 0. The van der Waals surface area contributed by atoms with Gasteiger partial charge in [0.2, 0.25) is 0 Å². The molecule has 3 heterocycles. The predicted octanol–water partition coefficient (Wildman–Crippen LogP) is 3.72. The van der Waals surface area contributed by atoms with E-state index in [2.05, 4.69) is 28.0 Å². The van der Waals surface area contributed by atoms with Crippen molar-refractivity contribution in [2.45, 2.75) is 58.3 Å². The zero-order valence-corrected chi connectivity index (χ0v) is 13.8. The molecule has 0 saturated carbocycles. The van der Waals surface area contributed by atoms with Crippen LogP contribution in [0.2, 0.25) is 0 Å². The Morgan fingerprint density at radius 1 is 1.14 bits per heavy atom. The highest BCUT2D eigenvalue weighted by atomic mass is 15.2. The van der Waals surface area contributed by atoms with Crippen LogP contribution in [-0.2, 0) is 12.8 Å². The fourth-order valence-electron chi connectivity index (χ4n) is 3.08. The molecule has 1 N–H and O–H groups in total. The average Bonchev–Trinajstić information content (AvgIpc) is 2.89. The Kier molecular flexibility index (Phi) is 5.43. The van der Waals surface area contributed by atoms with Crippen molar-refractivity contribution in [3.8, 4) is 0 Å². The Balaban J connectivity index is 1.51. The maximum absolute atomic E-state index is 4.77. The molecular weight excluding hydrogens is 272 g/mol. The second-order valence-corrected chi connectivity index (χ2v) is 6.47. The Morgan fingerprint density at radius 3 is 2.82 bits per heavy atom. The number of aryl methyl sites for hydroxylation is 2. The number of rotatable bonds is 9. The van der Waals surface area contributed by atoms with Crippen molar-refractivity contribution >= 4 is 11.0 Å². The SMILES string of the molecule is CCCCc1ncc2[nH]cc(CCCCCN3CCC3)c2n1. The number of hydrogen-bond acceptors (Lipinski definition) is 3. The average molecular weight is 300 g/mol. The topological polar surface area (TPSA) is 44.8 Å². The van der Waals surface area contributed by atoms with E-state index in [0.29, 0.717) is 0 Å². The van der Waals surface area contributed by atoms with Crippen LogP contribution in [0.1, 0.15) is 56.8 Å². The van der Waals surface area contributed by atoms with Crippen molar-refractivity contribution in [3.05, 3.63) is 23.8 Å². The van der Waals surface area contributed by atoms with E-state index in [1.807, 2.05) is 6.20 Å². The Labute approximate surface area is 133 Å². The molecule has 120 valence electrons. The molecule has 22 heavy (non-hydrogen) atoms. The van der Waals surface area contributed by atoms with Gasteiger partial charge in [-0.1, -0.05) is 19.8 Å². The van der Waals surface area contributed by atoms with Crippen molar-refractivity contribution in [1.82, 2.24) is 19.9 Å². The lowest BCUT2D eigenvalue weighted by atomic mass is 10.1. The van der Waals surface area contributed by atoms with Gasteiger partial charge in [0.05, 0.1) is 17.2 Å². The van der Waals surface area contributed by atoms with E-state index >= 15 is 0 Å². The summed E-state index contributed by atoms with van der Waals surface area (Å²) in [6, 6.07) is 0. The molecule has 0 unspecified atom stereocenters. The van der Waals surface area contributed by atoms with Crippen molar-refractivity contribution in [2.75, 3.05) is 19.6 Å². The van der Waals surface area contributed by atoms with Gasteiger partial charge in [0.1, 0.15) is 5.82 Å². The zero-order valence-electron chi connectivity index (χ0n) is 13.8. The highest BCUT2D eigenvalue weighted by Gasteiger charge is 2.12. The second kappa shape index (κ2) is 7.73. The monoisotopic (exact) mass is 300 g/mol. The second-order valence-electron chi connectivity index (χ2n) is 6.47. The molecule has 4 nitrogen and oxygen atoms in total. The third-order valence-corrected chi connectivity index (χ3v) is 4.67. The van der Waals surface area contributed by atoms with Crippen LogP contribution >= 0.6 is 0 Å². The molecule has 0 radical (unpaired) electrons. The summed E-state index contributed by atoms with van der Waals surface area (Å²) in [7, 11) is 0. The van der Waals surface area contributed by atoms with Crippen LogP contribution in [0.25, 0.3) is 11.0 Å². The first kappa shape index (κ1) is 15.5. The molecule has 0 aliphatic carbocycles. The van der Waals surface area contributed by atoms with Gasteiger partial charge in [-0.2, -0.15) is 0 Å². The van der Waals surface area contributed by atoms with Crippen molar-refractivity contribution in [3.63, 3.8) is 0 Å². The molecule has 1 aliphatic heterocycles. The predicted molar refractivity (Wildman–Crippen MR) is 91.1 cm³/mol. The zero-order chi connectivity index (χ0) is 15.2. The first-order chi connectivity index (χ1) is 10.9. The van der Waals surface area contributed by atoms with Crippen molar-refractivity contribution in [1.29, 1.82) is 0 Å². The molecule has 2 aromatic heterocycles. The summed E-state index contributed by atoms with van der Waals surface area (Å²) in [6.45, 7) is 6.14. The first-order valence-corrected chi connectivity index (χ1v) is 8.91. The number of H-pyrrole nitrogens is 1. The van der Waals surface area contributed by atoms with Gasteiger partial charge < -0.3 is 9.88 Å². The molecule has 1 aliphatic rings. The van der Waals surface area contributed by atoms with E-state index in [4.69, 9.17) is 4.98 Å². The minimum absolute atomic E-state index is 0.993. The minimum Gasteiger partial charge on any atom is -0.358 e. The first-order valence-electron chi connectivity index (χ1n) is 8.91. The van der Waals surface area contributed by atoms with E-state index in [0.717, 1.165) is 29.7 Å². The van der Waals surface area contributed by atoms with E-state index < -0.39 is 0 Å². The Hall–Kier alpha value is -1.42. The van der Waals surface area contributed by atoms with Crippen molar-refractivity contribution in [2.24, 2.45) is 0 Å². The van der Waals surface area contributed by atoms with Crippen LogP contribution in [0.15, 0.2) is 12.4 Å². The third kappa shape index (κ3) is 3.86. The molecule has 0 amide bonds. The quantitative estimate of drug-likeness (QED) is 0.718. The number of unbranched alkanes of at least 4 members (excludes halogenated alkanes) is 3. The lowest BCUT2D eigenvalue weighted by Gasteiger charge is -2.30. The van der Waals surface area contributed by atoms with Gasteiger partial charge in [-0.3, -0.25) is 0 Å². The van der Waals surface area contributed by atoms with Crippen LogP contribution in [-0.4, -0.2) is 39.5 Å². The fraction of sp³-hybridized carbons (Fsp3) is 0.667. The standard InChI is InChI=1S/C18H28N4/c1-2-3-9-17-20-14-16-18(21-17)15(13-19-16)8-5-4-6-10-22-11-7-12-22/h13-14,19H,2-12H2,1H3. The van der Waals surface area contributed by atoms with Crippen LogP contribution in [0.4, 0.5) is 0 Å². The number of likely N-dealkylation sites (tertiary alicyclic amines) is 1. The molecule has 4 heteroatoms. The number of nitrogens with one attached hydrogen (secondary N) is 1. The maximum Gasteiger partial charge on any atom is 0.129 e. The third-order valence-electron chi connectivity index (χ3n) is 4.67.